The Bertz CT molecular complexity index is 290. The molecule has 0 aliphatic carbocycles. The van der Waals surface area contributed by atoms with Crippen LogP contribution in [0.25, 0.3) is 0 Å². The second-order valence-electron chi connectivity index (χ2n) is 2.71. The normalized spacial score (nSPS) is 11.3. The molecule has 0 aliphatic rings. The SMILES string of the molecule is C=CCC/C=[P+](\[O-])c1ccccc1. The highest BCUT2D eigenvalue weighted by Gasteiger charge is 1.98. The molecule has 68 valence electrons. The van der Waals surface area contributed by atoms with E-state index in [0.717, 1.165) is 18.1 Å². The first-order chi connectivity index (χ1) is 6.34. The molecule has 1 rings (SSSR count). The summed E-state index contributed by atoms with van der Waals surface area (Å²) in [6.07, 6.45) is 3.58. The molecule has 0 saturated carbocycles. The Labute approximate surface area is 80.2 Å². The fraction of sp³-hybridized carbons (Fsp3) is 0.182. The van der Waals surface area contributed by atoms with Crippen molar-refractivity contribution in [1.29, 1.82) is 0 Å². The van der Waals surface area contributed by atoms with Gasteiger partial charge in [0.1, 0.15) is 5.30 Å². The third-order valence-electron chi connectivity index (χ3n) is 1.68. The second kappa shape index (κ2) is 5.69. The van der Waals surface area contributed by atoms with E-state index in [1.165, 1.54) is 0 Å². The molecule has 0 N–H and O–H groups in total. The highest BCUT2D eigenvalue weighted by molar-refractivity contribution is 7.58. The van der Waals surface area contributed by atoms with Crippen LogP contribution < -0.4 is 10.2 Å². The van der Waals surface area contributed by atoms with Crippen LogP contribution in [0.1, 0.15) is 12.8 Å². The third-order valence-corrected chi connectivity index (χ3v) is 3.07. The monoisotopic (exact) mass is 192 g/mol. The summed E-state index contributed by atoms with van der Waals surface area (Å²) in [5, 5.41) is 0.904. The van der Waals surface area contributed by atoms with Gasteiger partial charge in [-0.05, 0) is 18.6 Å². The van der Waals surface area contributed by atoms with Crippen molar-refractivity contribution < 1.29 is 4.89 Å². The molecular formula is C11H13OP. The zero-order valence-electron chi connectivity index (χ0n) is 7.52. The van der Waals surface area contributed by atoms with E-state index in [-0.39, 0.29) is 0 Å². The molecule has 0 fully saturated rings. The van der Waals surface area contributed by atoms with E-state index in [9.17, 15) is 4.89 Å². The van der Waals surface area contributed by atoms with Crippen molar-refractivity contribution in [2.75, 3.05) is 0 Å². The lowest BCUT2D eigenvalue weighted by Gasteiger charge is -1.96. The lowest BCUT2D eigenvalue weighted by atomic mass is 10.3. The van der Waals surface area contributed by atoms with Crippen LogP contribution in [0.3, 0.4) is 0 Å². The molecule has 1 aromatic rings. The number of hydrogen-bond donors (Lipinski definition) is 0. The third kappa shape index (κ3) is 3.54. The average molecular weight is 192 g/mol. The van der Waals surface area contributed by atoms with Crippen molar-refractivity contribution in [3.63, 3.8) is 0 Å². The number of allylic oxidation sites excluding steroid dienone is 1. The van der Waals surface area contributed by atoms with Crippen molar-refractivity contribution in [3.05, 3.63) is 43.0 Å². The number of benzene rings is 1. The highest BCUT2D eigenvalue weighted by atomic mass is 31.1. The van der Waals surface area contributed by atoms with E-state index in [1.54, 1.807) is 0 Å². The molecule has 2 heteroatoms. The zero-order valence-corrected chi connectivity index (χ0v) is 8.41. The summed E-state index contributed by atoms with van der Waals surface area (Å²) in [6, 6.07) is 9.52. The number of unbranched alkanes of at least 4 members (excludes halogenated alkanes) is 1. The predicted octanol–water partition coefficient (Wildman–Crippen LogP) is 1.84. The van der Waals surface area contributed by atoms with Gasteiger partial charge in [0.2, 0.25) is 0 Å². The minimum absolute atomic E-state index is 0.841. The van der Waals surface area contributed by atoms with Gasteiger partial charge < -0.3 is 4.89 Å². The average Bonchev–Trinajstić information content (AvgIpc) is 2.19. The lowest BCUT2D eigenvalue weighted by Crippen LogP contribution is -2.05. The molecule has 1 aromatic carbocycles. The van der Waals surface area contributed by atoms with Crippen molar-refractivity contribution in [1.82, 2.24) is 0 Å². The molecule has 0 radical (unpaired) electrons. The van der Waals surface area contributed by atoms with Gasteiger partial charge in [-0.25, -0.2) is 0 Å². The molecule has 1 unspecified atom stereocenters. The fourth-order valence-electron chi connectivity index (χ4n) is 0.990. The van der Waals surface area contributed by atoms with E-state index < -0.39 is 7.77 Å². The van der Waals surface area contributed by atoms with Crippen LogP contribution in [0.4, 0.5) is 0 Å². The minimum Gasteiger partial charge on any atom is -0.626 e. The Morgan fingerprint density at radius 1 is 1.23 bits per heavy atom. The smallest absolute Gasteiger partial charge is 0.144 e. The first kappa shape index (κ1) is 10.2. The van der Waals surface area contributed by atoms with Crippen LogP contribution in [0.15, 0.2) is 43.0 Å². The molecule has 0 saturated heterocycles. The van der Waals surface area contributed by atoms with Crippen LogP contribution in [0, 0.1) is 0 Å². The minimum atomic E-state index is -1.31. The molecule has 13 heavy (non-hydrogen) atoms. The molecule has 0 aromatic heterocycles. The van der Waals surface area contributed by atoms with Crippen LogP contribution in [0.2, 0.25) is 0 Å². The molecular weight excluding hydrogens is 179 g/mol. The maximum absolute atomic E-state index is 11.6. The Kier molecular flexibility index (Phi) is 4.45. The first-order valence-electron chi connectivity index (χ1n) is 4.30. The van der Waals surface area contributed by atoms with Gasteiger partial charge in [0.15, 0.2) is 0 Å². The van der Waals surface area contributed by atoms with Crippen LogP contribution in [-0.4, -0.2) is 5.80 Å². The van der Waals surface area contributed by atoms with Crippen molar-refractivity contribution in [3.8, 4) is 0 Å². The molecule has 0 aliphatic heterocycles. The largest absolute Gasteiger partial charge is 0.626 e. The van der Waals surface area contributed by atoms with Gasteiger partial charge >= 0.3 is 0 Å². The van der Waals surface area contributed by atoms with Gasteiger partial charge in [-0.15, -0.1) is 6.58 Å². The Balaban J connectivity index is 2.62. The van der Waals surface area contributed by atoms with Crippen molar-refractivity contribution >= 4 is 18.9 Å². The summed E-state index contributed by atoms with van der Waals surface area (Å²) in [7, 11) is -1.31. The lowest BCUT2D eigenvalue weighted by molar-refractivity contribution is -0.149. The summed E-state index contributed by atoms with van der Waals surface area (Å²) >= 11 is 0. The number of rotatable bonds is 4. The van der Waals surface area contributed by atoms with Crippen LogP contribution >= 0.6 is 7.77 Å². The van der Waals surface area contributed by atoms with E-state index in [4.69, 9.17) is 0 Å². The quantitative estimate of drug-likeness (QED) is 0.405. The molecule has 0 heterocycles. The highest BCUT2D eigenvalue weighted by Crippen LogP contribution is 2.09. The summed E-state index contributed by atoms with van der Waals surface area (Å²) in [5.74, 6) is 1.85. The first-order valence-corrected chi connectivity index (χ1v) is 5.63. The Morgan fingerprint density at radius 3 is 2.54 bits per heavy atom. The summed E-state index contributed by atoms with van der Waals surface area (Å²) in [5.41, 5.74) is 0. The van der Waals surface area contributed by atoms with E-state index in [0.29, 0.717) is 0 Å². The molecule has 0 spiro atoms. The van der Waals surface area contributed by atoms with E-state index in [1.807, 2.05) is 42.2 Å². The fourth-order valence-corrected chi connectivity index (χ4v) is 2.05. The van der Waals surface area contributed by atoms with E-state index >= 15 is 0 Å². The van der Waals surface area contributed by atoms with Crippen molar-refractivity contribution in [2.24, 2.45) is 0 Å². The van der Waals surface area contributed by atoms with Gasteiger partial charge in [0.05, 0.1) is 13.6 Å². The molecule has 1 atom stereocenters. The van der Waals surface area contributed by atoms with Crippen LogP contribution in [-0.2, 0) is 0 Å². The molecule has 1 nitrogen and oxygen atoms in total. The summed E-state index contributed by atoms with van der Waals surface area (Å²) in [4.78, 5) is 11.6. The summed E-state index contributed by atoms with van der Waals surface area (Å²) < 4.78 is 0. The Morgan fingerprint density at radius 2 is 1.92 bits per heavy atom. The van der Waals surface area contributed by atoms with E-state index in [2.05, 4.69) is 6.58 Å². The van der Waals surface area contributed by atoms with Crippen molar-refractivity contribution in [2.45, 2.75) is 12.8 Å². The van der Waals surface area contributed by atoms with Gasteiger partial charge in [-0.1, -0.05) is 24.3 Å². The Hall–Kier alpha value is -0.910. The molecule has 0 bridgehead atoms. The number of hydrogen-bond acceptors (Lipinski definition) is 1. The maximum atomic E-state index is 11.6. The maximum Gasteiger partial charge on any atom is 0.144 e. The molecule has 0 amide bonds. The van der Waals surface area contributed by atoms with Gasteiger partial charge in [-0.3, -0.25) is 0 Å². The van der Waals surface area contributed by atoms with Crippen LogP contribution in [0.5, 0.6) is 0 Å². The topological polar surface area (TPSA) is 23.1 Å². The predicted molar refractivity (Wildman–Crippen MR) is 58.5 cm³/mol. The van der Waals surface area contributed by atoms with Gasteiger partial charge in [-0.2, -0.15) is 0 Å². The standard InChI is InChI=1S/C11H13OP/c1-2-3-7-10-13(12)11-8-5-4-6-9-11/h2,4-6,8-10H,1,3,7H2. The van der Waals surface area contributed by atoms with Gasteiger partial charge in [0.25, 0.3) is 0 Å². The second-order valence-corrected chi connectivity index (χ2v) is 4.24. The van der Waals surface area contributed by atoms with Gasteiger partial charge in [0, 0.05) is 6.42 Å². The zero-order chi connectivity index (χ0) is 9.52. The summed E-state index contributed by atoms with van der Waals surface area (Å²) in [6.45, 7) is 3.62.